The Balaban J connectivity index is 0.00000441. The minimum atomic E-state index is -3.39. The molecule has 1 saturated heterocycles. The van der Waals surface area contributed by atoms with Crippen molar-refractivity contribution in [2.45, 2.75) is 32.2 Å². The molecule has 1 atom stereocenters. The molecule has 7 nitrogen and oxygen atoms in total. The van der Waals surface area contributed by atoms with E-state index in [2.05, 4.69) is 16.9 Å². The third kappa shape index (κ3) is 6.39. The summed E-state index contributed by atoms with van der Waals surface area (Å²) in [4.78, 5) is 4.14. The van der Waals surface area contributed by atoms with Gasteiger partial charge in [0.25, 0.3) is 10.2 Å². The summed E-state index contributed by atoms with van der Waals surface area (Å²) in [6.07, 6.45) is 2.74. The average molecular weight is 445 g/mol. The Morgan fingerprint density at radius 1 is 1.45 bits per heavy atom. The number of guanidine groups is 1. The molecule has 1 aliphatic rings. The number of hydrogen-bond acceptors (Lipinski definition) is 3. The zero-order chi connectivity index (χ0) is 16.0. The maximum Gasteiger partial charge on any atom is 0.281 e. The first-order valence-electron chi connectivity index (χ1n) is 7.12. The van der Waals surface area contributed by atoms with Crippen LogP contribution in [0.2, 0.25) is 0 Å². The number of nitrogens with zero attached hydrogens (tertiary/aromatic N) is 3. The van der Waals surface area contributed by atoms with E-state index in [-0.39, 0.29) is 30.0 Å². The maximum atomic E-state index is 12.3. The van der Waals surface area contributed by atoms with Crippen LogP contribution in [0.4, 0.5) is 0 Å². The lowest BCUT2D eigenvalue weighted by atomic mass is 10.1. The van der Waals surface area contributed by atoms with Crippen LogP contribution >= 0.6 is 24.0 Å². The number of aliphatic imine (C=N–C) groups is 1. The molecule has 0 aromatic rings. The highest BCUT2D eigenvalue weighted by molar-refractivity contribution is 14.0. The zero-order valence-corrected chi connectivity index (χ0v) is 16.7. The van der Waals surface area contributed by atoms with E-state index in [9.17, 15) is 8.42 Å². The predicted octanol–water partition coefficient (Wildman–Crippen LogP) is 0.746. The van der Waals surface area contributed by atoms with Gasteiger partial charge in [-0.3, -0.25) is 0 Å². The van der Waals surface area contributed by atoms with Gasteiger partial charge in [-0.15, -0.1) is 24.0 Å². The molecular weight excluding hydrogens is 417 g/mol. The van der Waals surface area contributed by atoms with Crippen molar-refractivity contribution < 1.29 is 8.42 Å². The summed E-state index contributed by atoms with van der Waals surface area (Å²) in [6, 6.07) is -0.0928. The summed E-state index contributed by atoms with van der Waals surface area (Å²) >= 11 is 0. The molecule has 0 saturated carbocycles. The molecule has 0 aliphatic carbocycles. The standard InChI is InChI=1S/C13H27N5O2S.HI/c1-11(2)9-15-13(14)16-10-12-7-5-6-8-18(12)21(19,20)17(3)4;/h12H,1,5-10H2,2-4H3,(H3,14,15,16);1H. The van der Waals surface area contributed by atoms with Crippen molar-refractivity contribution in [2.75, 3.05) is 33.7 Å². The maximum absolute atomic E-state index is 12.3. The normalized spacial score (nSPS) is 20.5. The Kier molecular flexibility index (Phi) is 9.51. The molecule has 0 bridgehead atoms. The SMILES string of the molecule is C=C(C)CN=C(N)NCC1CCCCN1S(=O)(=O)N(C)C.I. The van der Waals surface area contributed by atoms with Gasteiger partial charge in [0.1, 0.15) is 0 Å². The van der Waals surface area contributed by atoms with Gasteiger partial charge in [-0.05, 0) is 19.8 Å². The van der Waals surface area contributed by atoms with E-state index < -0.39 is 10.2 Å². The minimum absolute atomic E-state index is 0. The van der Waals surface area contributed by atoms with E-state index in [0.717, 1.165) is 24.8 Å². The number of hydrogen-bond donors (Lipinski definition) is 2. The van der Waals surface area contributed by atoms with Gasteiger partial charge in [-0.2, -0.15) is 17.0 Å². The summed E-state index contributed by atoms with van der Waals surface area (Å²) in [5.74, 6) is 0.325. The topological polar surface area (TPSA) is 91.0 Å². The second kappa shape index (κ2) is 9.68. The number of halogens is 1. The molecule has 1 aliphatic heterocycles. The number of rotatable bonds is 6. The first-order valence-corrected chi connectivity index (χ1v) is 8.52. The zero-order valence-electron chi connectivity index (χ0n) is 13.6. The highest BCUT2D eigenvalue weighted by Gasteiger charge is 2.33. The van der Waals surface area contributed by atoms with Gasteiger partial charge in [-0.25, -0.2) is 4.99 Å². The molecular formula is C13H28IN5O2S. The first kappa shape index (κ1) is 21.6. The van der Waals surface area contributed by atoms with E-state index in [1.54, 1.807) is 18.4 Å². The summed E-state index contributed by atoms with van der Waals surface area (Å²) < 4.78 is 27.4. The van der Waals surface area contributed by atoms with Gasteiger partial charge >= 0.3 is 0 Å². The lowest BCUT2D eigenvalue weighted by Gasteiger charge is -2.36. The third-order valence-corrected chi connectivity index (χ3v) is 5.37. The Labute approximate surface area is 151 Å². The predicted molar refractivity (Wildman–Crippen MR) is 102 cm³/mol. The largest absolute Gasteiger partial charge is 0.370 e. The highest BCUT2D eigenvalue weighted by atomic mass is 127. The smallest absolute Gasteiger partial charge is 0.281 e. The van der Waals surface area contributed by atoms with Crippen LogP contribution in [0.5, 0.6) is 0 Å². The second-order valence-corrected chi connectivity index (χ2v) is 7.68. The molecule has 1 heterocycles. The van der Waals surface area contributed by atoms with Gasteiger partial charge in [0, 0.05) is 33.2 Å². The van der Waals surface area contributed by atoms with Crippen LogP contribution in [0.3, 0.4) is 0 Å². The molecule has 0 aromatic heterocycles. The molecule has 3 N–H and O–H groups in total. The van der Waals surface area contributed by atoms with Crippen molar-refractivity contribution in [3.63, 3.8) is 0 Å². The van der Waals surface area contributed by atoms with Crippen LogP contribution in [-0.2, 0) is 10.2 Å². The molecule has 0 radical (unpaired) electrons. The van der Waals surface area contributed by atoms with Crippen molar-refractivity contribution in [1.29, 1.82) is 0 Å². The average Bonchev–Trinajstić information content (AvgIpc) is 2.42. The fourth-order valence-electron chi connectivity index (χ4n) is 2.19. The van der Waals surface area contributed by atoms with Crippen molar-refractivity contribution in [3.05, 3.63) is 12.2 Å². The highest BCUT2D eigenvalue weighted by Crippen LogP contribution is 2.21. The van der Waals surface area contributed by atoms with Gasteiger partial charge in [0.2, 0.25) is 0 Å². The molecule has 22 heavy (non-hydrogen) atoms. The van der Waals surface area contributed by atoms with Gasteiger partial charge < -0.3 is 11.1 Å². The fourth-order valence-corrected chi connectivity index (χ4v) is 3.53. The summed E-state index contributed by atoms with van der Waals surface area (Å²) in [7, 11) is -0.286. The second-order valence-electron chi connectivity index (χ2n) is 5.59. The molecule has 1 unspecified atom stereocenters. The van der Waals surface area contributed by atoms with Gasteiger partial charge in [0.05, 0.1) is 6.54 Å². The van der Waals surface area contributed by atoms with Crippen LogP contribution in [0.25, 0.3) is 0 Å². The van der Waals surface area contributed by atoms with Crippen molar-refractivity contribution >= 4 is 40.1 Å². The Morgan fingerprint density at radius 3 is 2.64 bits per heavy atom. The lowest BCUT2D eigenvalue weighted by molar-refractivity contribution is 0.240. The van der Waals surface area contributed by atoms with E-state index >= 15 is 0 Å². The Hall–Kier alpha value is -0.390. The fraction of sp³-hybridized carbons (Fsp3) is 0.769. The quantitative estimate of drug-likeness (QED) is 0.273. The van der Waals surface area contributed by atoms with Crippen molar-refractivity contribution in [2.24, 2.45) is 10.7 Å². The number of nitrogens with two attached hydrogens (primary N) is 1. The van der Waals surface area contributed by atoms with E-state index in [1.165, 1.54) is 4.31 Å². The first-order chi connectivity index (χ1) is 9.75. The van der Waals surface area contributed by atoms with Crippen molar-refractivity contribution in [1.82, 2.24) is 13.9 Å². The van der Waals surface area contributed by atoms with Gasteiger partial charge in [0.15, 0.2) is 5.96 Å². The Bertz CT molecular complexity index is 493. The van der Waals surface area contributed by atoms with Crippen LogP contribution < -0.4 is 11.1 Å². The van der Waals surface area contributed by atoms with Crippen LogP contribution in [-0.4, -0.2) is 62.8 Å². The monoisotopic (exact) mass is 445 g/mol. The molecule has 0 spiro atoms. The number of piperidine rings is 1. The number of nitrogens with one attached hydrogen (secondary N) is 1. The van der Waals surface area contributed by atoms with Crippen LogP contribution in [0, 0.1) is 0 Å². The summed E-state index contributed by atoms with van der Waals surface area (Å²) in [5, 5.41) is 3.01. The van der Waals surface area contributed by atoms with E-state index in [4.69, 9.17) is 5.73 Å². The molecule has 0 aromatic carbocycles. The van der Waals surface area contributed by atoms with Crippen LogP contribution in [0.1, 0.15) is 26.2 Å². The molecule has 1 fully saturated rings. The van der Waals surface area contributed by atoms with Gasteiger partial charge in [-0.1, -0.05) is 18.6 Å². The lowest BCUT2D eigenvalue weighted by Crippen LogP contribution is -2.53. The molecule has 0 amide bonds. The van der Waals surface area contributed by atoms with Crippen molar-refractivity contribution in [3.8, 4) is 0 Å². The molecule has 9 heteroatoms. The third-order valence-electron chi connectivity index (χ3n) is 3.37. The summed E-state index contributed by atoms with van der Waals surface area (Å²) in [6.45, 7) is 7.13. The van der Waals surface area contributed by atoms with Crippen LogP contribution in [0.15, 0.2) is 17.1 Å². The molecule has 1 rings (SSSR count). The molecule has 130 valence electrons. The van der Waals surface area contributed by atoms with E-state index in [0.29, 0.717) is 25.6 Å². The van der Waals surface area contributed by atoms with E-state index in [1.807, 2.05) is 6.92 Å². The summed E-state index contributed by atoms with van der Waals surface area (Å²) in [5.41, 5.74) is 6.70. The minimum Gasteiger partial charge on any atom is -0.370 e. The Morgan fingerprint density at radius 2 is 2.09 bits per heavy atom.